The van der Waals surface area contributed by atoms with Gasteiger partial charge in [0.15, 0.2) is 5.82 Å². The van der Waals surface area contributed by atoms with Crippen LogP contribution in [0.1, 0.15) is 46.2 Å². The van der Waals surface area contributed by atoms with Crippen LogP contribution in [0.15, 0.2) is 55.2 Å². The summed E-state index contributed by atoms with van der Waals surface area (Å²) in [6.45, 7) is 3.96. The SMILES string of the molecule is Cc1cnccc1CN1CCC[C@H]1c1cccc(C(=O)Nc2cnccn2)n1. The Bertz CT molecular complexity index is 962. The van der Waals surface area contributed by atoms with Crippen LogP contribution in [0, 0.1) is 6.92 Å². The van der Waals surface area contributed by atoms with Crippen molar-refractivity contribution in [3.05, 3.63) is 77.8 Å². The second kappa shape index (κ2) is 8.22. The van der Waals surface area contributed by atoms with E-state index in [4.69, 9.17) is 0 Å². The number of carbonyl (C=O) groups excluding carboxylic acids is 1. The maximum Gasteiger partial charge on any atom is 0.275 e. The lowest BCUT2D eigenvalue weighted by Crippen LogP contribution is -2.25. The van der Waals surface area contributed by atoms with Gasteiger partial charge in [-0.3, -0.25) is 19.7 Å². The second-order valence-electron chi connectivity index (χ2n) is 6.92. The number of anilines is 1. The van der Waals surface area contributed by atoms with Crippen molar-refractivity contribution in [2.75, 3.05) is 11.9 Å². The summed E-state index contributed by atoms with van der Waals surface area (Å²) in [4.78, 5) is 31.8. The van der Waals surface area contributed by atoms with Gasteiger partial charge in [-0.1, -0.05) is 6.07 Å². The topological polar surface area (TPSA) is 83.9 Å². The molecule has 0 spiro atoms. The van der Waals surface area contributed by atoms with E-state index < -0.39 is 0 Å². The molecule has 3 aromatic heterocycles. The molecule has 1 N–H and O–H groups in total. The summed E-state index contributed by atoms with van der Waals surface area (Å²) in [7, 11) is 0. The standard InChI is InChI=1S/C21H22N6O/c1-15-12-22-8-7-16(15)14-27-11-3-6-19(27)17-4-2-5-18(25-17)21(28)26-20-13-23-9-10-24-20/h2,4-5,7-10,12-13,19H,3,6,11,14H2,1H3,(H,24,26,28)/t19-/m0/s1. The lowest BCUT2D eigenvalue weighted by Gasteiger charge is -2.25. The molecule has 1 aliphatic rings. The first-order valence-corrected chi connectivity index (χ1v) is 9.38. The molecule has 142 valence electrons. The molecule has 3 aromatic rings. The third-order valence-corrected chi connectivity index (χ3v) is 5.02. The smallest absolute Gasteiger partial charge is 0.275 e. The van der Waals surface area contributed by atoms with Gasteiger partial charge in [0.25, 0.3) is 5.91 Å². The largest absolute Gasteiger partial charge is 0.304 e. The third-order valence-electron chi connectivity index (χ3n) is 5.02. The minimum atomic E-state index is -0.281. The van der Waals surface area contributed by atoms with Gasteiger partial charge in [0.1, 0.15) is 5.69 Å². The fourth-order valence-electron chi connectivity index (χ4n) is 3.56. The number of carbonyl (C=O) groups is 1. The number of likely N-dealkylation sites (tertiary alicyclic amines) is 1. The lowest BCUT2D eigenvalue weighted by molar-refractivity contribution is 0.102. The van der Waals surface area contributed by atoms with Crippen molar-refractivity contribution in [3.63, 3.8) is 0 Å². The molecule has 4 heterocycles. The molecule has 7 heteroatoms. The van der Waals surface area contributed by atoms with E-state index in [0.29, 0.717) is 11.5 Å². The predicted molar refractivity (Wildman–Crippen MR) is 106 cm³/mol. The second-order valence-corrected chi connectivity index (χ2v) is 6.92. The Balaban J connectivity index is 1.51. The van der Waals surface area contributed by atoms with Crippen LogP contribution in [-0.2, 0) is 6.54 Å². The number of hydrogen-bond acceptors (Lipinski definition) is 6. The van der Waals surface area contributed by atoms with Gasteiger partial charge < -0.3 is 5.32 Å². The molecule has 28 heavy (non-hydrogen) atoms. The molecule has 1 saturated heterocycles. The number of hydrogen-bond donors (Lipinski definition) is 1. The van der Waals surface area contributed by atoms with E-state index in [1.165, 1.54) is 23.5 Å². The van der Waals surface area contributed by atoms with Gasteiger partial charge in [-0.2, -0.15) is 0 Å². The minimum absolute atomic E-state index is 0.205. The van der Waals surface area contributed by atoms with Crippen LogP contribution in [0.3, 0.4) is 0 Å². The minimum Gasteiger partial charge on any atom is -0.304 e. The fraction of sp³-hybridized carbons (Fsp3) is 0.286. The highest BCUT2D eigenvalue weighted by Crippen LogP contribution is 2.32. The first-order chi connectivity index (χ1) is 13.7. The van der Waals surface area contributed by atoms with E-state index >= 15 is 0 Å². The monoisotopic (exact) mass is 374 g/mol. The van der Waals surface area contributed by atoms with Gasteiger partial charge >= 0.3 is 0 Å². The average Bonchev–Trinajstić information content (AvgIpc) is 3.19. The molecule has 7 nitrogen and oxygen atoms in total. The van der Waals surface area contributed by atoms with E-state index in [1.807, 2.05) is 24.5 Å². The van der Waals surface area contributed by atoms with Gasteiger partial charge in [-0.25, -0.2) is 9.97 Å². The number of aryl methyl sites for hydroxylation is 1. The Morgan fingerprint density at radius 3 is 2.89 bits per heavy atom. The summed E-state index contributed by atoms with van der Waals surface area (Å²) in [6.07, 6.45) is 10.5. The van der Waals surface area contributed by atoms with Crippen molar-refractivity contribution in [2.24, 2.45) is 0 Å². The van der Waals surface area contributed by atoms with Gasteiger partial charge in [0, 0.05) is 31.3 Å². The summed E-state index contributed by atoms with van der Waals surface area (Å²) in [5, 5.41) is 2.74. The molecule has 0 radical (unpaired) electrons. The number of aromatic nitrogens is 4. The van der Waals surface area contributed by atoms with Crippen LogP contribution in [0.5, 0.6) is 0 Å². The van der Waals surface area contributed by atoms with Crippen molar-refractivity contribution >= 4 is 11.7 Å². The predicted octanol–water partition coefficient (Wildman–Crippen LogP) is 3.16. The van der Waals surface area contributed by atoms with E-state index in [-0.39, 0.29) is 11.9 Å². The Morgan fingerprint density at radius 1 is 1.18 bits per heavy atom. The fourth-order valence-corrected chi connectivity index (χ4v) is 3.56. The molecule has 1 fully saturated rings. The number of nitrogens with zero attached hydrogens (tertiary/aromatic N) is 5. The van der Waals surface area contributed by atoms with Crippen LogP contribution in [0.4, 0.5) is 5.82 Å². The number of nitrogens with one attached hydrogen (secondary N) is 1. The highest BCUT2D eigenvalue weighted by atomic mass is 16.1. The maximum absolute atomic E-state index is 12.5. The van der Waals surface area contributed by atoms with E-state index in [1.54, 1.807) is 12.3 Å². The summed E-state index contributed by atoms with van der Waals surface area (Å²) in [5.74, 6) is 0.132. The van der Waals surface area contributed by atoms with Crippen LogP contribution in [-0.4, -0.2) is 37.3 Å². The summed E-state index contributed by atoms with van der Waals surface area (Å²) >= 11 is 0. The highest BCUT2D eigenvalue weighted by molar-refractivity contribution is 6.02. The molecular formula is C21H22N6O. The number of pyridine rings is 2. The molecule has 0 bridgehead atoms. The van der Waals surface area contributed by atoms with Crippen molar-refractivity contribution < 1.29 is 4.79 Å². The quantitative estimate of drug-likeness (QED) is 0.738. The number of rotatable bonds is 5. The zero-order chi connectivity index (χ0) is 19.3. The Kier molecular flexibility index (Phi) is 5.34. The molecule has 4 rings (SSSR count). The number of amides is 1. The lowest BCUT2D eigenvalue weighted by atomic mass is 10.1. The molecule has 1 aliphatic heterocycles. The molecule has 1 amide bonds. The first-order valence-electron chi connectivity index (χ1n) is 9.38. The molecule has 0 aromatic carbocycles. The van der Waals surface area contributed by atoms with Gasteiger partial charge in [0.05, 0.1) is 17.9 Å². The van der Waals surface area contributed by atoms with Crippen molar-refractivity contribution in [1.82, 2.24) is 24.8 Å². The van der Waals surface area contributed by atoms with Crippen LogP contribution >= 0.6 is 0 Å². The van der Waals surface area contributed by atoms with E-state index in [0.717, 1.165) is 31.6 Å². The summed E-state index contributed by atoms with van der Waals surface area (Å²) in [6, 6.07) is 7.89. The average molecular weight is 374 g/mol. The van der Waals surface area contributed by atoms with Crippen LogP contribution < -0.4 is 5.32 Å². The molecule has 0 unspecified atom stereocenters. The normalized spacial score (nSPS) is 16.8. The maximum atomic E-state index is 12.5. The van der Waals surface area contributed by atoms with E-state index in [9.17, 15) is 4.79 Å². The summed E-state index contributed by atoms with van der Waals surface area (Å²) < 4.78 is 0. The molecule has 0 aliphatic carbocycles. The molecule has 1 atom stereocenters. The highest BCUT2D eigenvalue weighted by Gasteiger charge is 2.28. The summed E-state index contributed by atoms with van der Waals surface area (Å²) in [5.41, 5.74) is 3.78. The van der Waals surface area contributed by atoms with Gasteiger partial charge in [0.2, 0.25) is 0 Å². The van der Waals surface area contributed by atoms with Crippen LogP contribution in [0.25, 0.3) is 0 Å². The Hall–Kier alpha value is -3.19. The Labute approximate surface area is 163 Å². The van der Waals surface area contributed by atoms with Crippen LogP contribution in [0.2, 0.25) is 0 Å². The Morgan fingerprint density at radius 2 is 2.07 bits per heavy atom. The zero-order valence-corrected chi connectivity index (χ0v) is 15.7. The van der Waals surface area contributed by atoms with Gasteiger partial charge in [-0.15, -0.1) is 0 Å². The first kappa shape index (κ1) is 18.2. The van der Waals surface area contributed by atoms with Crippen molar-refractivity contribution in [3.8, 4) is 0 Å². The van der Waals surface area contributed by atoms with Crippen molar-refractivity contribution in [1.29, 1.82) is 0 Å². The van der Waals surface area contributed by atoms with Crippen molar-refractivity contribution in [2.45, 2.75) is 32.4 Å². The van der Waals surface area contributed by atoms with Gasteiger partial charge in [-0.05, 0) is 55.6 Å². The van der Waals surface area contributed by atoms with E-state index in [2.05, 4.69) is 43.1 Å². The molecular weight excluding hydrogens is 352 g/mol. The third kappa shape index (κ3) is 4.04. The zero-order valence-electron chi connectivity index (χ0n) is 15.7. The molecule has 0 saturated carbocycles.